The van der Waals surface area contributed by atoms with Crippen LogP contribution in [-0.2, 0) is 12.7 Å². The third-order valence-corrected chi connectivity index (χ3v) is 3.47. The summed E-state index contributed by atoms with van der Waals surface area (Å²) < 4.78 is 39.2. The second kappa shape index (κ2) is 5.48. The highest BCUT2D eigenvalue weighted by Gasteiger charge is 2.34. The minimum Gasteiger partial charge on any atom is -0.311 e. The van der Waals surface area contributed by atoms with E-state index in [9.17, 15) is 13.2 Å². The molecule has 0 amide bonds. The van der Waals surface area contributed by atoms with Crippen LogP contribution in [0.25, 0.3) is 11.3 Å². The fourth-order valence-corrected chi connectivity index (χ4v) is 2.15. The number of halogens is 3. The molecule has 0 unspecified atom stereocenters. The summed E-state index contributed by atoms with van der Waals surface area (Å²) in [6, 6.07) is 2.51. The summed E-state index contributed by atoms with van der Waals surface area (Å²) in [6.45, 7) is 1.36. The first kappa shape index (κ1) is 14.1. The van der Waals surface area contributed by atoms with Gasteiger partial charge < -0.3 is 5.32 Å². The van der Waals surface area contributed by atoms with E-state index in [1.54, 1.807) is 0 Å². The lowest BCUT2D eigenvalue weighted by atomic mass is 10.1. The van der Waals surface area contributed by atoms with Gasteiger partial charge in [0.25, 0.3) is 0 Å². The van der Waals surface area contributed by atoms with Crippen LogP contribution in [0.2, 0.25) is 0 Å². The van der Waals surface area contributed by atoms with E-state index in [0.717, 1.165) is 12.6 Å². The molecule has 0 aliphatic heterocycles. The highest BCUT2D eigenvalue weighted by Crippen LogP contribution is 2.35. The molecule has 0 atom stereocenters. The minimum atomic E-state index is -4.43. The van der Waals surface area contributed by atoms with Crippen molar-refractivity contribution in [2.75, 3.05) is 6.54 Å². The van der Waals surface area contributed by atoms with Gasteiger partial charge in [0.05, 0.1) is 23.1 Å². The van der Waals surface area contributed by atoms with Crippen LogP contribution in [0.1, 0.15) is 24.1 Å². The van der Waals surface area contributed by atoms with Crippen molar-refractivity contribution < 1.29 is 13.2 Å². The van der Waals surface area contributed by atoms with E-state index in [2.05, 4.69) is 20.5 Å². The quantitative estimate of drug-likeness (QED) is 0.892. The Bertz CT molecular complexity index is 603. The van der Waals surface area contributed by atoms with Crippen molar-refractivity contribution in [3.8, 4) is 11.3 Å². The molecule has 2 heterocycles. The molecule has 0 aromatic carbocycles. The van der Waals surface area contributed by atoms with Gasteiger partial charge in [0.2, 0.25) is 0 Å². The van der Waals surface area contributed by atoms with Crippen LogP contribution in [0.4, 0.5) is 13.2 Å². The van der Waals surface area contributed by atoms with Crippen molar-refractivity contribution in [1.29, 1.82) is 0 Å². The fourth-order valence-electron chi connectivity index (χ4n) is 2.15. The van der Waals surface area contributed by atoms with Crippen molar-refractivity contribution >= 4 is 0 Å². The molecule has 21 heavy (non-hydrogen) atoms. The molecule has 0 spiro atoms. The number of rotatable bonds is 5. The maximum atomic E-state index is 13.1. The van der Waals surface area contributed by atoms with Crippen molar-refractivity contribution in [3.63, 3.8) is 0 Å². The Morgan fingerprint density at radius 1 is 1.29 bits per heavy atom. The van der Waals surface area contributed by atoms with Crippen molar-refractivity contribution in [2.24, 2.45) is 5.92 Å². The number of nitrogens with one attached hydrogen (secondary N) is 2. The summed E-state index contributed by atoms with van der Waals surface area (Å²) in [7, 11) is 0. The van der Waals surface area contributed by atoms with E-state index >= 15 is 0 Å². The standard InChI is InChI=1S/C14H15F3N4/c15-14(16,17)12-4-3-11(8-18-5-9-1-2-9)21-13(12)10-6-19-20-7-10/h3-4,6-7,9,18H,1-2,5,8H2,(H,19,20). The Hall–Kier alpha value is -1.89. The fraction of sp³-hybridized carbons (Fsp3) is 0.429. The SMILES string of the molecule is FC(F)(F)c1ccc(CNCC2CC2)nc1-c1cn[nH]c1. The summed E-state index contributed by atoms with van der Waals surface area (Å²) in [4.78, 5) is 4.16. The van der Waals surface area contributed by atoms with Crippen molar-refractivity contribution in [2.45, 2.75) is 25.6 Å². The van der Waals surface area contributed by atoms with Gasteiger partial charge in [0.15, 0.2) is 0 Å². The predicted octanol–water partition coefficient (Wildman–Crippen LogP) is 2.99. The Labute approximate surface area is 119 Å². The normalized spacial score (nSPS) is 15.4. The zero-order valence-corrected chi connectivity index (χ0v) is 11.2. The predicted molar refractivity (Wildman–Crippen MR) is 71.3 cm³/mol. The lowest BCUT2D eigenvalue weighted by molar-refractivity contribution is -0.137. The number of alkyl halides is 3. The van der Waals surface area contributed by atoms with Gasteiger partial charge in [-0.2, -0.15) is 18.3 Å². The summed E-state index contributed by atoms with van der Waals surface area (Å²) >= 11 is 0. The topological polar surface area (TPSA) is 53.6 Å². The van der Waals surface area contributed by atoms with Gasteiger partial charge in [0, 0.05) is 18.3 Å². The number of H-pyrrole nitrogens is 1. The van der Waals surface area contributed by atoms with Gasteiger partial charge in [-0.05, 0) is 37.4 Å². The molecular weight excluding hydrogens is 281 g/mol. The van der Waals surface area contributed by atoms with Crippen LogP contribution in [-0.4, -0.2) is 21.7 Å². The van der Waals surface area contributed by atoms with Gasteiger partial charge in [-0.25, -0.2) is 0 Å². The molecule has 1 saturated carbocycles. The van der Waals surface area contributed by atoms with Gasteiger partial charge in [0.1, 0.15) is 0 Å². The molecular formula is C14H15F3N4. The second-order valence-electron chi connectivity index (χ2n) is 5.26. The molecule has 2 aromatic rings. The van der Waals surface area contributed by atoms with Gasteiger partial charge in [-0.15, -0.1) is 0 Å². The van der Waals surface area contributed by atoms with Gasteiger partial charge in [-0.1, -0.05) is 0 Å². The average molecular weight is 296 g/mol. The highest BCUT2D eigenvalue weighted by molar-refractivity contribution is 5.62. The molecule has 4 nitrogen and oxygen atoms in total. The number of aromatic nitrogens is 3. The molecule has 2 N–H and O–H groups in total. The molecule has 0 bridgehead atoms. The Balaban J connectivity index is 1.85. The number of hydrogen-bond donors (Lipinski definition) is 2. The first-order chi connectivity index (χ1) is 10.0. The molecule has 0 radical (unpaired) electrons. The van der Waals surface area contributed by atoms with Crippen LogP contribution < -0.4 is 5.32 Å². The first-order valence-corrected chi connectivity index (χ1v) is 6.81. The smallest absolute Gasteiger partial charge is 0.311 e. The van der Waals surface area contributed by atoms with Crippen molar-refractivity contribution in [3.05, 3.63) is 35.8 Å². The molecule has 1 aliphatic rings. The average Bonchev–Trinajstić information content (AvgIpc) is 3.09. The maximum absolute atomic E-state index is 13.1. The molecule has 3 rings (SSSR count). The monoisotopic (exact) mass is 296 g/mol. The van der Waals surface area contributed by atoms with Crippen LogP contribution in [0.5, 0.6) is 0 Å². The van der Waals surface area contributed by atoms with E-state index < -0.39 is 11.7 Å². The van der Waals surface area contributed by atoms with E-state index in [0.29, 0.717) is 23.7 Å². The zero-order valence-electron chi connectivity index (χ0n) is 11.2. The molecule has 7 heteroatoms. The lowest BCUT2D eigenvalue weighted by Gasteiger charge is -2.13. The largest absolute Gasteiger partial charge is 0.418 e. The summed E-state index contributed by atoms with van der Waals surface area (Å²) in [5.74, 6) is 0.716. The van der Waals surface area contributed by atoms with E-state index in [1.165, 1.54) is 31.3 Å². The van der Waals surface area contributed by atoms with E-state index in [1.807, 2.05) is 0 Å². The van der Waals surface area contributed by atoms with Crippen molar-refractivity contribution in [1.82, 2.24) is 20.5 Å². The van der Waals surface area contributed by atoms with Gasteiger partial charge in [-0.3, -0.25) is 10.1 Å². The Morgan fingerprint density at radius 3 is 2.71 bits per heavy atom. The summed E-state index contributed by atoms with van der Waals surface area (Å²) in [5, 5.41) is 9.44. The number of hydrogen-bond acceptors (Lipinski definition) is 3. The van der Waals surface area contributed by atoms with E-state index in [4.69, 9.17) is 0 Å². The first-order valence-electron chi connectivity index (χ1n) is 6.81. The second-order valence-corrected chi connectivity index (χ2v) is 5.26. The van der Waals surface area contributed by atoms with E-state index in [-0.39, 0.29) is 5.69 Å². The van der Waals surface area contributed by atoms with Crippen LogP contribution in [0, 0.1) is 5.92 Å². The Morgan fingerprint density at radius 2 is 2.10 bits per heavy atom. The van der Waals surface area contributed by atoms with Crippen LogP contribution in [0.3, 0.4) is 0 Å². The molecule has 2 aromatic heterocycles. The molecule has 112 valence electrons. The highest BCUT2D eigenvalue weighted by atomic mass is 19.4. The van der Waals surface area contributed by atoms with Gasteiger partial charge >= 0.3 is 6.18 Å². The summed E-state index contributed by atoms with van der Waals surface area (Å²) in [5.41, 5.74) is 0.114. The van der Waals surface area contributed by atoms with Crippen LogP contribution in [0.15, 0.2) is 24.5 Å². The van der Waals surface area contributed by atoms with Crippen LogP contribution >= 0.6 is 0 Å². The third kappa shape index (κ3) is 3.41. The maximum Gasteiger partial charge on any atom is 0.418 e. The number of pyridine rings is 1. The molecule has 0 saturated heterocycles. The molecule has 1 aliphatic carbocycles. The number of nitrogens with zero attached hydrogens (tertiary/aromatic N) is 2. The number of aromatic amines is 1. The minimum absolute atomic E-state index is 0.0815. The summed E-state index contributed by atoms with van der Waals surface area (Å²) in [6.07, 6.45) is 0.791. The lowest BCUT2D eigenvalue weighted by Crippen LogP contribution is -2.18. The third-order valence-electron chi connectivity index (χ3n) is 3.47. The Kier molecular flexibility index (Phi) is 3.67. The zero-order chi connectivity index (χ0) is 14.9. The molecule has 1 fully saturated rings.